The third-order valence-electron chi connectivity index (χ3n) is 5.58. The lowest BCUT2D eigenvalue weighted by Gasteiger charge is -2.36. The minimum absolute atomic E-state index is 0.205. The van der Waals surface area contributed by atoms with E-state index in [0.717, 1.165) is 12.8 Å². The van der Waals surface area contributed by atoms with Crippen LogP contribution in [0.25, 0.3) is 21.8 Å². The van der Waals surface area contributed by atoms with Gasteiger partial charge in [0, 0.05) is 17.5 Å². The first-order valence-corrected chi connectivity index (χ1v) is 12.5. The lowest BCUT2D eigenvalue weighted by Crippen LogP contribution is -2.42. The average molecular weight is 501 g/mol. The summed E-state index contributed by atoms with van der Waals surface area (Å²) in [7, 11) is 0. The fourth-order valence-electron chi connectivity index (χ4n) is 4.09. The summed E-state index contributed by atoms with van der Waals surface area (Å²) in [6.45, 7) is 8.05. The molecule has 186 valence electrons. The number of ether oxygens (including phenoxy) is 2. The van der Waals surface area contributed by atoms with Gasteiger partial charge in [-0.05, 0) is 71.2 Å². The van der Waals surface area contributed by atoms with Crippen molar-refractivity contribution >= 4 is 23.4 Å². The number of thiazole rings is 1. The third kappa shape index (κ3) is 5.53. The zero-order valence-corrected chi connectivity index (χ0v) is 21.1. The van der Waals surface area contributed by atoms with Gasteiger partial charge in [-0.2, -0.15) is 5.10 Å². The van der Waals surface area contributed by atoms with Crippen molar-refractivity contribution in [2.75, 3.05) is 13.2 Å². The van der Waals surface area contributed by atoms with Gasteiger partial charge in [0.2, 0.25) is 0 Å². The number of halogens is 1. The van der Waals surface area contributed by atoms with Crippen molar-refractivity contribution in [3.05, 3.63) is 46.9 Å². The predicted octanol–water partition coefficient (Wildman–Crippen LogP) is 5.98. The van der Waals surface area contributed by atoms with E-state index in [4.69, 9.17) is 9.47 Å². The Morgan fingerprint density at radius 2 is 1.97 bits per heavy atom. The van der Waals surface area contributed by atoms with Crippen LogP contribution >= 0.6 is 11.3 Å². The van der Waals surface area contributed by atoms with E-state index in [-0.39, 0.29) is 24.2 Å². The number of carbonyl (C=O) groups is 2. The number of piperidine rings is 1. The molecule has 1 aliphatic rings. The van der Waals surface area contributed by atoms with Gasteiger partial charge in [0.25, 0.3) is 0 Å². The first kappa shape index (κ1) is 24.8. The van der Waals surface area contributed by atoms with Gasteiger partial charge in [-0.3, -0.25) is 10.00 Å². The van der Waals surface area contributed by atoms with Crippen molar-refractivity contribution in [3.63, 3.8) is 0 Å². The second-order valence-corrected chi connectivity index (χ2v) is 10.2. The van der Waals surface area contributed by atoms with E-state index >= 15 is 0 Å². The quantitative estimate of drug-likeness (QED) is 0.433. The molecule has 1 aromatic carbocycles. The lowest BCUT2D eigenvalue weighted by molar-refractivity contribution is 0.00905. The van der Waals surface area contributed by atoms with Crippen LogP contribution in [0.3, 0.4) is 0 Å². The van der Waals surface area contributed by atoms with Gasteiger partial charge in [-0.25, -0.2) is 19.0 Å². The smallest absolute Gasteiger partial charge is 0.410 e. The highest BCUT2D eigenvalue weighted by Gasteiger charge is 2.35. The summed E-state index contributed by atoms with van der Waals surface area (Å²) in [5, 5.41) is 9.88. The molecule has 1 saturated heterocycles. The Bertz CT molecular complexity index is 1200. The van der Waals surface area contributed by atoms with E-state index < -0.39 is 17.7 Å². The molecule has 8 nitrogen and oxygen atoms in total. The van der Waals surface area contributed by atoms with Crippen molar-refractivity contribution in [1.29, 1.82) is 0 Å². The number of nitrogens with zero attached hydrogens (tertiary/aromatic N) is 3. The second-order valence-electron chi connectivity index (χ2n) is 9.31. The minimum atomic E-state index is -0.626. The molecule has 1 aliphatic heterocycles. The molecule has 4 rings (SSSR count). The van der Waals surface area contributed by atoms with Crippen LogP contribution in [0, 0.1) is 5.82 Å². The monoisotopic (exact) mass is 500 g/mol. The molecule has 1 amide bonds. The maximum absolute atomic E-state index is 13.6. The number of hydrogen-bond acceptors (Lipinski definition) is 7. The van der Waals surface area contributed by atoms with Crippen LogP contribution in [-0.2, 0) is 9.47 Å². The van der Waals surface area contributed by atoms with Crippen molar-refractivity contribution in [2.24, 2.45) is 0 Å². The summed E-state index contributed by atoms with van der Waals surface area (Å²) >= 11 is 1.29. The van der Waals surface area contributed by atoms with Gasteiger partial charge in [0.1, 0.15) is 22.1 Å². The number of H-pyrrole nitrogens is 1. The summed E-state index contributed by atoms with van der Waals surface area (Å²) < 4.78 is 24.4. The largest absolute Gasteiger partial charge is 0.461 e. The molecule has 0 radical (unpaired) electrons. The normalized spacial score (nSPS) is 16.3. The van der Waals surface area contributed by atoms with Crippen molar-refractivity contribution < 1.29 is 23.5 Å². The first-order chi connectivity index (χ1) is 16.7. The van der Waals surface area contributed by atoms with Crippen molar-refractivity contribution in [3.8, 4) is 21.8 Å². The van der Waals surface area contributed by atoms with Crippen molar-refractivity contribution in [2.45, 2.75) is 58.6 Å². The summed E-state index contributed by atoms with van der Waals surface area (Å²) in [5.74, 6) is -0.857. The lowest BCUT2D eigenvalue weighted by atomic mass is 9.95. The number of amides is 1. The van der Waals surface area contributed by atoms with E-state index in [1.54, 1.807) is 29.3 Å². The Hall–Kier alpha value is -3.27. The topological polar surface area (TPSA) is 97.4 Å². The molecule has 1 unspecified atom stereocenters. The van der Waals surface area contributed by atoms with E-state index in [1.165, 1.54) is 23.5 Å². The minimum Gasteiger partial charge on any atom is -0.461 e. The fourth-order valence-corrected chi connectivity index (χ4v) is 4.94. The van der Waals surface area contributed by atoms with Crippen LogP contribution < -0.4 is 0 Å². The molecular weight excluding hydrogens is 471 g/mol. The molecule has 1 fully saturated rings. The highest BCUT2D eigenvalue weighted by atomic mass is 32.1. The van der Waals surface area contributed by atoms with E-state index in [9.17, 15) is 14.0 Å². The van der Waals surface area contributed by atoms with Gasteiger partial charge in [-0.1, -0.05) is 0 Å². The van der Waals surface area contributed by atoms with Crippen LogP contribution in [0.2, 0.25) is 0 Å². The summed E-state index contributed by atoms with van der Waals surface area (Å²) in [5.41, 5.74) is 2.23. The molecule has 35 heavy (non-hydrogen) atoms. The van der Waals surface area contributed by atoms with E-state index in [2.05, 4.69) is 15.2 Å². The Kier molecular flexibility index (Phi) is 7.20. The number of esters is 1. The highest BCUT2D eigenvalue weighted by molar-refractivity contribution is 7.13. The molecule has 0 saturated carbocycles. The highest BCUT2D eigenvalue weighted by Crippen LogP contribution is 2.42. The average Bonchev–Trinajstić information content (AvgIpc) is 3.46. The van der Waals surface area contributed by atoms with Crippen LogP contribution in [0.5, 0.6) is 0 Å². The number of rotatable bonds is 5. The fraction of sp³-hybridized carbons (Fsp3) is 0.440. The molecule has 0 aliphatic carbocycles. The van der Waals surface area contributed by atoms with E-state index in [0.29, 0.717) is 40.5 Å². The zero-order chi connectivity index (χ0) is 25.2. The predicted molar refractivity (Wildman–Crippen MR) is 131 cm³/mol. The molecule has 1 atom stereocenters. The molecule has 3 aromatic rings. The molecule has 3 heterocycles. The summed E-state index contributed by atoms with van der Waals surface area (Å²) in [6, 6.07) is 5.71. The van der Waals surface area contributed by atoms with Crippen molar-refractivity contribution in [1.82, 2.24) is 20.1 Å². The van der Waals surface area contributed by atoms with Gasteiger partial charge < -0.3 is 9.47 Å². The number of aromatic nitrogens is 3. The van der Waals surface area contributed by atoms with Gasteiger partial charge in [-0.15, -0.1) is 11.3 Å². The maximum Gasteiger partial charge on any atom is 0.410 e. The number of benzene rings is 1. The summed E-state index contributed by atoms with van der Waals surface area (Å²) in [6.07, 6.45) is 2.12. The van der Waals surface area contributed by atoms with Crippen LogP contribution in [-0.4, -0.2) is 50.9 Å². The number of hydrogen-bond donors (Lipinski definition) is 1. The van der Waals surface area contributed by atoms with Gasteiger partial charge >= 0.3 is 12.1 Å². The number of likely N-dealkylation sites (tertiary alicyclic amines) is 1. The second kappa shape index (κ2) is 10.2. The standard InChI is InChI=1S/C25H29FN4O4S/c1-5-33-23(31)17-14-35-22(27-17)19-20(15-9-11-16(26)12-10-15)28-29-21(19)18-8-6-7-13-30(18)24(32)34-25(2,3)4/h9-12,14,18H,5-8,13H2,1-4H3,(H,28,29). The van der Waals surface area contributed by atoms with Crippen LogP contribution in [0.1, 0.15) is 69.2 Å². The Morgan fingerprint density at radius 1 is 1.23 bits per heavy atom. The first-order valence-electron chi connectivity index (χ1n) is 11.6. The molecule has 0 spiro atoms. The maximum atomic E-state index is 13.6. The number of carbonyl (C=O) groups excluding carboxylic acids is 2. The number of nitrogens with one attached hydrogen (secondary N) is 1. The Morgan fingerprint density at radius 3 is 2.66 bits per heavy atom. The third-order valence-corrected chi connectivity index (χ3v) is 6.44. The van der Waals surface area contributed by atoms with Crippen LogP contribution in [0.4, 0.5) is 9.18 Å². The van der Waals surface area contributed by atoms with Gasteiger partial charge in [0.15, 0.2) is 5.69 Å². The van der Waals surface area contributed by atoms with E-state index in [1.807, 2.05) is 20.8 Å². The Labute approximate surface area is 207 Å². The molecule has 2 aromatic heterocycles. The molecule has 10 heteroatoms. The molecule has 0 bridgehead atoms. The number of aromatic amines is 1. The van der Waals surface area contributed by atoms with Crippen LogP contribution in [0.15, 0.2) is 29.6 Å². The Balaban J connectivity index is 1.80. The summed E-state index contributed by atoms with van der Waals surface area (Å²) in [4.78, 5) is 31.6. The van der Waals surface area contributed by atoms with Gasteiger partial charge in [0.05, 0.1) is 23.9 Å². The molecular formula is C25H29FN4O4S. The zero-order valence-electron chi connectivity index (χ0n) is 20.3. The molecule has 1 N–H and O–H groups in total. The SMILES string of the molecule is CCOC(=O)c1csc(-c2c(-c3ccc(F)cc3)n[nH]c2C2CCCCN2C(=O)OC(C)(C)C)n1.